The lowest BCUT2D eigenvalue weighted by Crippen LogP contribution is -2.65. The van der Waals surface area contributed by atoms with Crippen LogP contribution in [0, 0.1) is 17.3 Å². The van der Waals surface area contributed by atoms with Gasteiger partial charge in [0.15, 0.2) is 0 Å². The van der Waals surface area contributed by atoms with Crippen LogP contribution in [0.25, 0.3) is 0 Å². The molecule has 2 amide bonds. The molecule has 3 aliphatic carbocycles. The number of rotatable bonds is 11. The van der Waals surface area contributed by atoms with Gasteiger partial charge in [0.25, 0.3) is 5.56 Å². The fraction of sp³-hybridized carbons (Fsp3) is 0.525. The van der Waals surface area contributed by atoms with Crippen LogP contribution in [0.1, 0.15) is 100 Å². The van der Waals surface area contributed by atoms with E-state index in [4.69, 9.17) is 14.0 Å². The van der Waals surface area contributed by atoms with Crippen molar-refractivity contribution in [3.63, 3.8) is 0 Å². The van der Waals surface area contributed by atoms with E-state index in [2.05, 4.69) is 41.7 Å². The van der Waals surface area contributed by atoms with Gasteiger partial charge in [0.2, 0.25) is 11.8 Å². The first-order chi connectivity index (χ1) is 26.4. The third-order valence-electron chi connectivity index (χ3n) is 12.7. The molecule has 7 atom stereocenters. The SMILES string of the molecule is CC[C@H](NC(=O)[C@@H]1C[C@@](C)(CC(=O)Nc2ccc(C(=O)OC)cc2)c2ncc(NCc3cccc(C(F)(F)F)c3)c(=O)n21)B1O[C@@H]2C[C@@H]3C[C@@H](C3(C)C)[C@]2(C)O1. The molecule has 16 heteroatoms. The fourth-order valence-corrected chi connectivity index (χ4v) is 9.43. The van der Waals surface area contributed by atoms with Crippen LogP contribution in [0.2, 0.25) is 0 Å². The summed E-state index contributed by atoms with van der Waals surface area (Å²) in [5, 5.41) is 8.83. The Bertz CT molecular complexity index is 2090. The maximum absolute atomic E-state index is 14.4. The number of aromatic nitrogens is 2. The summed E-state index contributed by atoms with van der Waals surface area (Å²) in [5.74, 6) is -0.870. The maximum Gasteiger partial charge on any atom is 0.481 e. The van der Waals surface area contributed by atoms with Crippen molar-refractivity contribution in [2.75, 3.05) is 17.7 Å². The quantitative estimate of drug-likeness (QED) is 0.156. The van der Waals surface area contributed by atoms with Gasteiger partial charge in [-0.1, -0.05) is 39.8 Å². The Hall–Kier alpha value is -4.70. The predicted octanol–water partition coefficient (Wildman–Crippen LogP) is 6.05. The third kappa shape index (κ3) is 6.99. The number of amides is 2. The number of halogens is 3. The van der Waals surface area contributed by atoms with Gasteiger partial charge < -0.3 is 30.0 Å². The van der Waals surface area contributed by atoms with Gasteiger partial charge in [0, 0.05) is 24.1 Å². The van der Waals surface area contributed by atoms with Crippen molar-refractivity contribution in [1.82, 2.24) is 14.9 Å². The van der Waals surface area contributed by atoms with Crippen LogP contribution in [0.15, 0.2) is 59.5 Å². The Morgan fingerprint density at radius 1 is 1.09 bits per heavy atom. The zero-order valence-electron chi connectivity index (χ0n) is 32.3. The van der Waals surface area contributed by atoms with Crippen LogP contribution in [0.4, 0.5) is 24.5 Å². The summed E-state index contributed by atoms with van der Waals surface area (Å²) >= 11 is 0. The second-order valence-corrected chi connectivity index (χ2v) is 16.7. The van der Waals surface area contributed by atoms with Crippen LogP contribution in [0.5, 0.6) is 0 Å². The Morgan fingerprint density at radius 3 is 2.48 bits per heavy atom. The summed E-state index contributed by atoms with van der Waals surface area (Å²) in [4.78, 5) is 58.6. The van der Waals surface area contributed by atoms with E-state index in [1.165, 1.54) is 42.1 Å². The highest BCUT2D eigenvalue weighted by Crippen LogP contribution is 2.65. The molecule has 0 radical (unpaired) electrons. The number of esters is 1. The van der Waals surface area contributed by atoms with Gasteiger partial charge in [-0.15, -0.1) is 0 Å². The number of alkyl halides is 3. The first-order valence-corrected chi connectivity index (χ1v) is 19.0. The minimum Gasteiger partial charge on any atom is -0.465 e. The zero-order chi connectivity index (χ0) is 40.4. The summed E-state index contributed by atoms with van der Waals surface area (Å²) in [5.41, 5.74) is -1.87. The van der Waals surface area contributed by atoms with Gasteiger partial charge in [0.05, 0.1) is 42.1 Å². The first kappa shape index (κ1) is 39.5. The van der Waals surface area contributed by atoms with Gasteiger partial charge >= 0.3 is 19.3 Å². The molecule has 12 nitrogen and oxygen atoms in total. The molecule has 298 valence electrons. The number of methoxy groups -OCH3 is 1. The second kappa shape index (κ2) is 14.4. The molecule has 0 spiro atoms. The van der Waals surface area contributed by atoms with Crippen molar-refractivity contribution in [3.8, 4) is 0 Å². The van der Waals surface area contributed by atoms with Crippen LogP contribution in [0.3, 0.4) is 0 Å². The Morgan fingerprint density at radius 2 is 1.82 bits per heavy atom. The monoisotopic (exact) mass is 777 g/mol. The minimum absolute atomic E-state index is 0.0172. The molecule has 3 heterocycles. The van der Waals surface area contributed by atoms with Crippen LogP contribution < -0.4 is 21.5 Å². The molecule has 2 aromatic carbocycles. The molecule has 3 N–H and O–H groups in total. The molecular formula is C40H47BF3N5O7. The summed E-state index contributed by atoms with van der Waals surface area (Å²) in [6.07, 6.45) is -1.01. The highest BCUT2D eigenvalue weighted by Gasteiger charge is 2.68. The molecule has 56 heavy (non-hydrogen) atoms. The lowest BCUT2D eigenvalue weighted by Gasteiger charge is -2.64. The molecule has 8 rings (SSSR count). The van der Waals surface area contributed by atoms with Crippen molar-refractivity contribution >= 4 is 36.3 Å². The van der Waals surface area contributed by atoms with Crippen LogP contribution in [-0.4, -0.2) is 59.2 Å². The number of hydrogen-bond acceptors (Lipinski definition) is 9. The van der Waals surface area contributed by atoms with E-state index in [0.717, 1.165) is 25.0 Å². The zero-order valence-corrected chi connectivity index (χ0v) is 32.3. The van der Waals surface area contributed by atoms with Crippen molar-refractivity contribution in [2.24, 2.45) is 17.3 Å². The number of nitrogens with one attached hydrogen (secondary N) is 3. The number of ether oxygens (including phenoxy) is 1. The standard InChI is InChI=1S/C40H47BF3N5O7/c1-7-31(41-55-30-17-25-16-29(37(25,2)3)39(30,5)56-41)48-33(51)28-18-38(4,19-32(50)47-26-13-11-23(12-14-26)35(53)54-6)36-46-21-27(34(52)49(28)36)45-20-22-9-8-10-24(15-22)40(42,43)44/h8-15,21,25,28-31,45H,7,16-20H2,1-6H3,(H,47,50)(H,48,51)/t25-,28-,29-,30+,31-,38-,39-/m0/s1. The fourth-order valence-electron chi connectivity index (χ4n) is 9.43. The molecule has 3 aromatic rings. The predicted molar refractivity (Wildman–Crippen MR) is 202 cm³/mol. The van der Waals surface area contributed by atoms with Gasteiger partial charge in [0.1, 0.15) is 17.6 Å². The molecule has 2 bridgehead atoms. The molecule has 3 saturated carbocycles. The van der Waals surface area contributed by atoms with Gasteiger partial charge in [-0.3, -0.25) is 19.0 Å². The molecule has 1 aromatic heterocycles. The number of anilines is 2. The van der Waals surface area contributed by atoms with Gasteiger partial charge in [-0.2, -0.15) is 13.2 Å². The number of fused-ring (bicyclic) bond motifs is 1. The van der Waals surface area contributed by atoms with E-state index in [1.54, 1.807) is 19.1 Å². The third-order valence-corrected chi connectivity index (χ3v) is 12.7. The minimum atomic E-state index is -4.54. The van der Waals surface area contributed by atoms with Crippen LogP contribution in [-0.2, 0) is 41.8 Å². The van der Waals surface area contributed by atoms with Gasteiger partial charge in [-0.25, -0.2) is 9.78 Å². The molecule has 0 unspecified atom stereocenters. The van der Waals surface area contributed by atoms with E-state index >= 15 is 0 Å². The van der Waals surface area contributed by atoms with Crippen molar-refractivity contribution in [1.29, 1.82) is 0 Å². The van der Waals surface area contributed by atoms with Crippen molar-refractivity contribution in [2.45, 2.75) is 109 Å². The van der Waals surface area contributed by atoms with E-state index in [1.807, 2.05) is 6.92 Å². The summed E-state index contributed by atoms with van der Waals surface area (Å²) in [6, 6.07) is 9.85. The Kier molecular flexibility index (Phi) is 10.1. The Balaban J connectivity index is 1.14. The van der Waals surface area contributed by atoms with E-state index in [-0.39, 0.29) is 48.0 Å². The number of benzene rings is 2. The van der Waals surface area contributed by atoms with Crippen molar-refractivity contribution < 1.29 is 41.6 Å². The van der Waals surface area contributed by atoms with E-state index in [0.29, 0.717) is 29.5 Å². The summed E-state index contributed by atoms with van der Waals surface area (Å²) in [6.45, 7) is 10.2. The molecular weight excluding hydrogens is 730 g/mol. The second-order valence-electron chi connectivity index (χ2n) is 16.7. The number of carbonyl (C=O) groups excluding carboxylic acids is 3. The van der Waals surface area contributed by atoms with Crippen molar-refractivity contribution in [3.05, 3.63) is 87.6 Å². The van der Waals surface area contributed by atoms with E-state index in [9.17, 15) is 32.3 Å². The lowest BCUT2D eigenvalue weighted by atomic mass is 9.43. The summed E-state index contributed by atoms with van der Waals surface area (Å²) < 4.78 is 59.3. The number of nitrogens with zero attached hydrogens (tertiary/aromatic N) is 2. The highest BCUT2D eigenvalue weighted by atomic mass is 19.4. The van der Waals surface area contributed by atoms with Gasteiger partial charge in [-0.05, 0) is 91.8 Å². The smallest absolute Gasteiger partial charge is 0.465 e. The first-order valence-electron chi connectivity index (χ1n) is 19.0. The van der Waals surface area contributed by atoms with E-state index < -0.39 is 65.2 Å². The normalized spacial score (nSPS) is 27.7. The largest absolute Gasteiger partial charge is 0.481 e. The molecule has 5 aliphatic rings. The average molecular weight is 778 g/mol. The maximum atomic E-state index is 14.4. The molecule has 1 saturated heterocycles. The Labute approximate surface area is 323 Å². The van der Waals surface area contributed by atoms with Crippen LogP contribution >= 0.6 is 0 Å². The highest BCUT2D eigenvalue weighted by molar-refractivity contribution is 6.47. The molecule has 4 fully saturated rings. The lowest BCUT2D eigenvalue weighted by molar-refractivity contribution is -0.199. The number of carbonyl (C=O) groups is 3. The molecule has 2 aliphatic heterocycles. The average Bonchev–Trinajstić information content (AvgIpc) is 3.67. The number of hydrogen-bond donors (Lipinski definition) is 3. The summed E-state index contributed by atoms with van der Waals surface area (Å²) in [7, 11) is 0.571. The topological polar surface area (TPSA) is 150 Å².